The molecule has 0 bridgehead atoms. The molecule has 0 aliphatic heterocycles. The summed E-state index contributed by atoms with van der Waals surface area (Å²) in [5, 5.41) is 8.40. The van der Waals surface area contributed by atoms with Gasteiger partial charge in [0.2, 0.25) is 5.91 Å². The molecule has 0 unspecified atom stereocenters. The van der Waals surface area contributed by atoms with Crippen molar-refractivity contribution in [1.29, 1.82) is 5.26 Å². The number of nitrogens with zero attached hydrogens (tertiary/aromatic N) is 2. The number of ether oxygens (including phenoxy) is 2. The predicted molar refractivity (Wildman–Crippen MR) is 55.5 cm³/mol. The lowest BCUT2D eigenvalue weighted by atomic mass is 10.3. The fourth-order valence-corrected chi connectivity index (χ4v) is 1.02. The van der Waals surface area contributed by atoms with Crippen molar-refractivity contribution in [1.82, 2.24) is 4.90 Å². The molecule has 0 rings (SSSR count). The van der Waals surface area contributed by atoms with E-state index in [9.17, 15) is 14.4 Å². The summed E-state index contributed by atoms with van der Waals surface area (Å²) in [4.78, 5) is 34.5. The number of carbonyl (C=O) groups excluding carboxylic acids is 3. The van der Waals surface area contributed by atoms with Crippen LogP contribution in [0.1, 0.15) is 12.8 Å². The van der Waals surface area contributed by atoms with Crippen LogP contribution in [-0.4, -0.2) is 50.1 Å². The average Bonchev–Trinajstić information content (AvgIpc) is 2.33. The lowest BCUT2D eigenvalue weighted by Gasteiger charge is -2.19. The molecule has 0 fully saturated rings. The summed E-state index contributed by atoms with van der Waals surface area (Å²) in [5.74, 6) is -1.63. The maximum absolute atomic E-state index is 11.4. The molecule has 0 saturated carbocycles. The molecule has 7 heteroatoms. The highest BCUT2D eigenvalue weighted by atomic mass is 16.5. The molecule has 0 N–H and O–H groups in total. The largest absolute Gasteiger partial charge is 0.469 e. The van der Waals surface area contributed by atoms with Crippen molar-refractivity contribution in [2.75, 3.05) is 27.3 Å². The van der Waals surface area contributed by atoms with Gasteiger partial charge in [-0.3, -0.25) is 14.4 Å². The lowest BCUT2D eigenvalue weighted by molar-refractivity contribution is -0.148. The summed E-state index contributed by atoms with van der Waals surface area (Å²) in [6, 6.07) is 1.68. The van der Waals surface area contributed by atoms with Crippen LogP contribution in [-0.2, 0) is 23.9 Å². The van der Waals surface area contributed by atoms with E-state index in [1.165, 1.54) is 14.2 Å². The van der Waals surface area contributed by atoms with Gasteiger partial charge in [0.15, 0.2) is 0 Å². The Balaban J connectivity index is 4.40. The minimum Gasteiger partial charge on any atom is -0.469 e. The third-order valence-corrected chi connectivity index (χ3v) is 1.94. The molecule has 0 spiro atoms. The van der Waals surface area contributed by atoms with Crippen molar-refractivity contribution in [2.45, 2.75) is 12.8 Å². The average molecular weight is 242 g/mol. The Morgan fingerprint density at radius 1 is 1.18 bits per heavy atom. The van der Waals surface area contributed by atoms with E-state index in [1.807, 2.05) is 0 Å². The minimum atomic E-state index is -0.610. The van der Waals surface area contributed by atoms with Crippen molar-refractivity contribution in [3.05, 3.63) is 0 Å². The molecule has 0 aromatic carbocycles. The highest BCUT2D eigenvalue weighted by Gasteiger charge is 2.18. The second-order valence-electron chi connectivity index (χ2n) is 3.05. The first-order chi connectivity index (χ1) is 8.04. The Morgan fingerprint density at radius 2 is 1.76 bits per heavy atom. The van der Waals surface area contributed by atoms with Gasteiger partial charge in [0.25, 0.3) is 0 Å². The quantitative estimate of drug-likeness (QED) is 0.580. The van der Waals surface area contributed by atoms with Gasteiger partial charge >= 0.3 is 11.9 Å². The summed E-state index contributed by atoms with van der Waals surface area (Å²) in [6.45, 7) is -0.268. The maximum Gasteiger partial charge on any atom is 0.325 e. The Kier molecular flexibility index (Phi) is 7.10. The fourth-order valence-electron chi connectivity index (χ4n) is 1.02. The predicted octanol–water partition coefficient (Wildman–Crippen LogP) is -0.535. The molecule has 17 heavy (non-hydrogen) atoms. The SMILES string of the molecule is COC(=O)CCN(CC(=O)OC)C(=O)CC#N. The van der Waals surface area contributed by atoms with Crippen LogP contribution in [0.15, 0.2) is 0 Å². The fraction of sp³-hybridized carbons (Fsp3) is 0.600. The molecule has 0 aromatic rings. The van der Waals surface area contributed by atoms with Crippen LogP contribution >= 0.6 is 0 Å². The van der Waals surface area contributed by atoms with Gasteiger partial charge in [0.05, 0.1) is 26.7 Å². The van der Waals surface area contributed by atoms with E-state index in [4.69, 9.17) is 5.26 Å². The molecule has 0 radical (unpaired) electrons. The van der Waals surface area contributed by atoms with E-state index >= 15 is 0 Å². The van der Waals surface area contributed by atoms with Crippen LogP contribution in [0.2, 0.25) is 0 Å². The first-order valence-corrected chi connectivity index (χ1v) is 4.83. The van der Waals surface area contributed by atoms with E-state index in [1.54, 1.807) is 6.07 Å². The van der Waals surface area contributed by atoms with Crippen molar-refractivity contribution in [2.24, 2.45) is 0 Å². The molecule has 7 nitrogen and oxygen atoms in total. The summed E-state index contributed by atoms with van der Waals surface area (Å²) < 4.78 is 8.82. The van der Waals surface area contributed by atoms with E-state index in [-0.39, 0.29) is 25.9 Å². The molecular formula is C10H14N2O5. The number of hydrogen-bond donors (Lipinski definition) is 0. The zero-order chi connectivity index (χ0) is 13.3. The molecule has 0 aromatic heterocycles. The Labute approximate surface area is 98.9 Å². The molecule has 0 aliphatic carbocycles. The van der Waals surface area contributed by atoms with Crippen LogP contribution in [0.5, 0.6) is 0 Å². The first kappa shape index (κ1) is 14.9. The normalized spacial score (nSPS) is 9.00. The Morgan fingerprint density at radius 3 is 2.24 bits per heavy atom. The molecule has 1 amide bonds. The first-order valence-electron chi connectivity index (χ1n) is 4.83. The molecule has 0 aliphatic rings. The Hall–Kier alpha value is -2.10. The van der Waals surface area contributed by atoms with Crippen molar-refractivity contribution < 1.29 is 23.9 Å². The van der Waals surface area contributed by atoms with Gasteiger partial charge in [-0.15, -0.1) is 0 Å². The van der Waals surface area contributed by atoms with Gasteiger partial charge < -0.3 is 14.4 Å². The van der Waals surface area contributed by atoms with Gasteiger partial charge in [-0.25, -0.2) is 0 Å². The van der Waals surface area contributed by atoms with Crippen LogP contribution in [0.25, 0.3) is 0 Å². The third-order valence-electron chi connectivity index (χ3n) is 1.94. The Bertz CT molecular complexity index is 334. The number of esters is 2. The summed E-state index contributed by atoms with van der Waals surface area (Å²) in [6.07, 6.45) is -0.386. The number of nitriles is 1. The molecule has 0 saturated heterocycles. The molecule has 94 valence electrons. The van der Waals surface area contributed by atoms with Gasteiger partial charge in [-0.05, 0) is 0 Å². The van der Waals surface area contributed by atoms with Gasteiger partial charge in [0, 0.05) is 6.54 Å². The van der Waals surface area contributed by atoms with E-state index in [2.05, 4.69) is 9.47 Å². The monoisotopic (exact) mass is 242 g/mol. The summed E-state index contributed by atoms with van der Waals surface area (Å²) >= 11 is 0. The molecular weight excluding hydrogens is 228 g/mol. The van der Waals surface area contributed by atoms with Crippen molar-refractivity contribution in [3.63, 3.8) is 0 Å². The summed E-state index contributed by atoms with van der Waals surface area (Å²) in [7, 11) is 2.42. The third kappa shape index (κ3) is 6.14. The number of carbonyl (C=O) groups is 3. The zero-order valence-electron chi connectivity index (χ0n) is 9.76. The smallest absolute Gasteiger partial charge is 0.325 e. The van der Waals surface area contributed by atoms with Crippen LogP contribution in [0, 0.1) is 11.3 Å². The number of hydrogen-bond acceptors (Lipinski definition) is 6. The van der Waals surface area contributed by atoms with E-state index in [0.717, 1.165) is 4.90 Å². The van der Waals surface area contributed by atoms with Crippen molar-refractivity contribution in [3.8, 4) is 6.07 Å². The van der Waals surface area contributed by atoms with Gasteiger partial charge in [-0.1, -0.05) is 0 Å². The maximum atomic E-state index is 11.4. The highest BCUT2D eigenvalue weighted by Crippen LogP contribution is 1.98. The number of amides is 1. The molecule has 0 atom stereocenters. The number of methoxy groups -OCH3 is 2. The van der Waals surface area contributed by atoms with Gasteiger partial charge in [0.1, 0.15) is 13.0 Å². The second kappa shape index (κ2) is 8.10. The van der Waals surface area contributed by atoms with Crippen LogP contribution < -0.4 is 0 Å². The van der Waals surface area contributed by atoms with Crippen molar-refractivity contribution >= 4 is 17.8 Å². The van der Waals surface area contributed by atoms with Gasteiger partial charge in [-0.2, -0.15) is 5.26 Å². The van der Waals surface area contributed by atoms with E-state index in [0.29, 0.717) is 0 Å². The lowest BCUT2D eigenvalue weighted by Crippen LogP contribution is -2.37. The van der Waals surface area contributed by atoms with E-state index < -0.39 is 17.8 Å². The molecule has 0 heterocycles. The zero-order valence-corrected chi connectivity index (χ0v) is 9.76. The second-order valence-corrected chi connectivity index (χ2v) is 3.05. The standard InChI is InChI=1S/C10H14N2O5/c1-16-9(14)4-6-12(7-10(15)17-2)8(13)3-5-11/h3-4,6-7H2,1-2H3. The topological polar surface area (TPSA) is 96.7 Å². The van der Waals surface area contributed by atoms with Crippen LogP contribution in [0.4, 0.5) is 0 Å². The highest BCUT2D eigenvalue weighted by molar-refractivity contribution is 5.83. The number of rotatable bonds is 6. The van der Waals surface area contributed by atoms with Crippen LogP contribution in [0.3, 0.4) is 0 Å². The summed E-state index contributed by atoms with van der Waals surface area (Å²) in [5.41, 5.74) is 0. The minimum absolute atomic E-state index is 0.0162.